The number of hydrogen-bond acceptors (Lipinski definition) is 6. The van der Waals surface area contributed by atoms with E-state index in [1.54, 1.807) is 0 Å². The molecule has 7 nitrogen and oxygen atoms in total. The second-order valence-corrected chi connectivity index (χ2v) is 8.26. The fraction of sp³-hybridized carbons (Fsp3) is 0.333. The predicted molar refractivity (Wildman–Crippen MR) is 108 cm³/mol. The number of rotatable bonds is 9. The Morgan fingerprint density at radius 2 is 1.76 bits per heavy atom. The van der Waals surface area contributed by atoms with E-state index in [1.807, 2.05) is 32.0 Å². The highest BCUT2D eigenvalue weighted by atomic mass is 32.2. The minimum Gasteiger partial charge on any atom is -0.454 e. The van der Waals surface area contributed by atoms with E-state index in [0.717, 1.165) is 17.5 Å². The number of carbonyl (C=O) groups is 2. The van der Waals surface area contributed by atoms with Gasteiger partial charge in [-0.25, -0.2) is 13.2 Å². The molecule has 0 spiro atoms. The van der Waals surface area contributed by atoms with Crippen molar-refractivity contribution in [3.8, 4) is 0 Å². The number of ether oxygens (including phenoxy) is 1. The van der Waals surface area contributed by atoms with Gasteiger partial charge in [0.15, 0.2) is 6.61 Å². The van der Waals surface area contributed by atoms with Gasteiger partial charge < -0.3 is 4.74 Å². The third-order valence-corrected chi connectivity index (χ3v) is 6.24. The molecule has 0 fully saturated rings. The van der Waals surface area contributed by atoms with Crippen LogP contribution < -0.4 is 0 Å². The molecule has 0 atom stereocenters. The molecule has 8 heteroatoms. The molecule has 0 heterocycles. The zero-order valence-electron chi connectivity index (χ0n) is 17.0. The standard InChI is InChI=1S/C21H25NO6S/c1-5-15-10-11-16(6-2)19(12-15)20(23)14-28-21(24)17-8-7-9-18(13-17)29(25,26)22(3)27-4/h7-13H,5-6,14H2,1-4H3. The molecular formula is C21H25NO6S. The van der Waals surface area contributed by atoms with Crippen LogP contribution in [0.3, 0.4) is 0 Å². The van der Waals surface area contributed by atoms with Crippen LogP contribution in [0.4, 0.5) is 0 Å². The minimum atomic E-state index is -3.90. The van der Waals surface area contributed by atoms with Gasteiger partial charge in [-0.2, -0.15) is 0 Å². The largest absolute Gasteiger partial charge is 0.454 e. The number of aryl methyl sites for hydroxylation is 2. The van der Waals surface area contributed by atoms with Crippen molar-refractivity contribution in [1.29, 1.82) is 0 Å². The van der Waals surface area contributed by atoms with Crippen LogP contribution in [0.1, 0.15) is 45.7 Å². The van der Waals surface area contributed by atoms with Gasteiger partial charge in [0, 0.05) is 12.6 Å². The number of sulfonamides is 1. The van der Waals surface area contributed by atoms with E-state index in [1.165, 1.54) is 38.4 Å². The summed E-state index contributed by atoms with van der Waals surface area (Å²) >= 11 is 0. The van der Waals surface area contributed by atoms with Gasteiger partial charge in [-0.3, -0.25) is 9.63 Å². The van der Waals surface area contributed by atoms with E-state index in [-0.39, 0.29) is 16.2 Å². The number of carbonyl (C=O) groups excluding carboxylic acids is 2. The van der Waals surface area contributed by atoms with Gasteiger partial charge in [0.1, 0.15) is 0 Å². The summed E-state index contributed by atoms with van der Waals surface area (Å²) < 4.78 is 30.5. The lowest BCUT2D eigenvalue weighted by Gasteiger charge is -2.14. The smallest absolute Gasteiger partial charge is 0.338 e. The highest BCUT2D eigenvalue weighted by Gasteiger charge is 2.22. The molecule has 0 unspecified atom stereocenters. The van der Waals surface area contributed by atoms with Gasteiger partial charge in [0.05, 0.1) is 17.6 Å². The third-order valence-electron chi connectivity index (χ3n) is 4.56. The summed E-state index contributed by atoms with van der Waals surface area (Å²) in [7, 11) is -1.43. The van der Waals surface area contributed by atoms with Crippen LogP contribution in [-0.4, -0.2) is 45.4 Å². The number of Topliss-reactive ketones (excluding diaryl/α,β-unsaturated/α-hetero) is 1. The van der Waals surface area contributed by atoms with E-state index in [4.69, 9.17) is 9.57 Å². The van der Waals surface area contributed by atoms with Crippen LogP contribution in [0.2, 0.25) is 0 Å². The molecule has 0 aliphatic carbocycles. The molecule has 0 radical (unpaired) electrons. The number of benzene rings is 2. The first kappa shape index (κ1) is 22.7. The van der Waals surface area contributed by atoms with Crippen LogP contribution in [0.15, 0.2) is 47.4 Å². The Hall–Kier alpha value is -2.55. The molecule has 0 N–H and O–H groups in total. The molecule has 2 rings (SSSR count). The van der Waals surface area contributed by atoms with E-state index in [9.17, 15) is 18.0 Å². The SMILES string of the molecule is CCc1ccc(CC)c(C(=O)COC(=O)c2cccc(S(=O)(=O)N(C)OC)c2)c1. The van der Waals surface area contributed by atoms with E-state index in [0.29, 0.717) is 16.5 Å². The van der Waals surface area contributed by atoms with Gasteiger partial charge >= 0.3 is 5.97 Å². The monoisotopic (exact) mass is 419 g/mol. The Morgan fingerprint density at radius 1 is 1.03 bits per heavy atom. The highest BCUT2D eigenvalue weighted by molar-refractivity contribution is 7.89. The number of hydroxylamine groups is 1. The van der Waals surface area contributed by atoms with Gasteiger partial charge in [0.2, 0.25) is 5.78 Å². The van der Waals surface area contributed by atoms with Crippen molar-refractivity contribution in [3.05, 3.63) is 64.7 Å². The molecule has 0 bridgehead atoms. The van der Waals surface area contributed by atoms with Gasteiger partial charge in [0.25, 0.3) is 10.0 Å². The number of esters is 1. The summed E-state index contributed by atoms with van der Waals surface area (Å²) in [6.45, 7) is 3.53. The summed E-state index contributed by atoms with van der Waals surface area (Å²) in [5.41, 5.74) is 2.48. The topological polar surface area (TPSA) is 90.0 Å². The molecule has 29 heavy (non-hydrogen) atoms. The molecule has 2 aromatic carbocycles. The molecule has 0 saturated heterocycles. The van der Waals surface area contributed by atoms with E-state index >= 15 is 0 Å². The fourth-order valence-electron chi connectivity index (χ4n) is 2.73. The second kappa shape index (κ2) is 9.78. The maximum atomic E-state index is 12.6. The molecule has 0 saturated carbocycles. The van der Waals surface area contributed by atoms with Gasteiger partial charge in [-0.15, -0.1) is 0 Å². The van der Waals surface area contributed by atoms with Crippen molar-refractivity contribution in [2.75, 3.05) is 20.8 Å². The van der Waals surface area contributed by atoms with Crippen molar-refractivity contribution in [2.45, 2.75) is 31.6 Å². The lowest BCUT2D eigenvalue weighted by atomic mass is 9.98. The molecule has 0 aliphatic rings. The highest BCUT2D eigenvalue weighted by Crippen LogP contribution is 2.18. The maximum absolute atomic E-state index is 12.6. The van der Waals surface area contributed by atoms with E-state index in [2.05, 4.69) is 0 Å². The van der Waals surface area contributed by atoms with Crippen LogP contribution in [0.5, 0.6) is 0 Å². The molecule has 156 valence electrons. The molecule has 2 aromatic rings. The third kappa shape index (κ3) is 5.29. The molecule has 0 aromatic heterocycles. The second-order valence-electron chi connectivity index (χ2n) is 6.32. The fourth-order valence-corrected chi connectivity index (χ4v) is 3.75. The van der Waals surface area contributed by atoms with Crippen LogP contribution in [0, 0.1) is 0 Å². The van der Waals surface area contributed by atoms with Crippen LogP contribution >= 0.6 is 0 Å². The average molecular weight is 419 g/mol. The Kier molecular flexibility index (Phi) is 7.66. The molecule has 0 aliphatic heterocycles. The number of hydrogen-bond donors (Lipinski definition) is 0. The van der Waals surface area contributed by atoms with Crippen molar-refractivity contribution >= 4 is 21.8 Å². The maximum Gasteiger partial charge on any atom is 0.338 e. The number of nitrogens with zero attached hydrogens (tertiary/aromatic N) is 1. The number of ketones is 1. The Labute approximate surface area is 171 Å². The zero-order chi connectivity index (χ0) is 21.6. The van der Waals surface area contributed by atoms with Gasteiger partial charge in [-0.05, 0) is 48.2 Å². The van der Waals surface area contributed by atoms with E-state index < -0.39 is 22.6 Å². The Bertz CT molecular complexity index is 1000. The van der Waals surface area contributed by atoms with Crippen molar-refractivity contribution in [3.63, 3.8) is 0 Å². The summed E-state index contributed by atoms with van der Waals surface area (Å²) in [5.74, 6) is -1.08. The van der Waals surface area contributed by atoms with Crippen LogP contribution in [0.25, 0.3) is 0 Å². The summed E-state index contributed by atoms with van der Waals surface area (Å²) in [6.07, 6.45) is 1.48. The lowest BCUT2D eigenvalue weighted by Crippen LogP contribution is -2.26. The normalized spacial score (nSPS) is 11.5. The average Bonchev–Trinajstić information content (AvgIpc) is 2.75. The first-order valence-electron chi connectivity index (χ1n) is 9.19. The Morgan fingerprint density at radius 3 is 2.38 bits per heavy atom. The minimum absolute atomic E-state index is 0.0291. The quantitative estimate of drug-likeness (QED) is 0.353. The zero-order valence-corrected chi connectivity index (χ0v) is 17.8. The van der Waals surface area contributed by atoms with Gasteiger partial charge in [-0.1, -0.05) is 36.5 Å². The predicted octanol–water partition coefficient (Wildman–Crippen LogP) is 3.03. The Balaban J connectivity index is 2.16. The first-order chi connectivity index (χ1) is 13.7. The lowest BCUT2D eigenvalue weighted by molar-refractivity contribution is -0.0258. The molecular weight excluding hydrogens is 394 g/mol. The summed E-state index contributed by atoms with van der Waals surface area (Å²) in [6, 6.07) is 11.1. The van der Waals surface area contributed by atoms with Crippen molar-refractivity contribution in [2.24, 2.45) is 0 Å². The van der Waals surface area contributed by atoms with Crippen molar-refractivity contribution < 1.29 is 27.6 Å². The van der Waals surface area contributed by atoms with Crippen molar-refractivity contribution in [1.82, 2.24) is 4.47 Å². The summed E-state index contributed by atoms with van der Waals surface area (Å²) in [5, 5.41) is 0. The van der Waals surface area contributed by atoms with Crippen LogP contribution in [-0.2, 0) is 32.4 Å². The molecule has 0 amide bonds. The first-order valence-corrected chi connectivity index (χ1v) is 10.6. The summed E-state index contributed by atoms with van der Waals surface area (Å²) in [4.78, 5) is 29.6.